The van der Waals surface area contributed by atoms with Gasteiger partial charge in [0.2, 0.25) is 0 Å². The van der Waals surface area contributed by atoms with Crippen molar-refractivity contribution in [2.75, 3.05) is 0 Å². The summed E-state index contributed by atoms with van der Waals surface area (Å²) in [7, 11) is 0. The van der Waals surface area contributed by atoms with Crippen molar-refractivity contribution in [2.45, 2.75) is 0 Å². The summed E-state index contributed by atoms with van der Waals surface area (Å²) in [5.41, 5.74) is 6.26. The number of fused-ring (bicyclic) bond motifs is 7. The van der Waals surface area contributed by atoms with Crippen LogP contribution in [0.4, 0.5) is 0 Å². The lowest BCUT2D eigenvalue weighted by molar-refractivity contribution is 1.10. The van der Waals surface area contributed by atoms with Crippen LogP contribution in [0.2, 0.25) is 0 Å². The van der Waals surface area contributed by atoms with E-state index in [9.17, 15) is 0 Å². The molecule has 0 aliphatic rings. The molecule has 8 aromatic rings. The van der Waals surface area contributed by atoms with Gasteiger partial charge in [-0.25, -0.2) is 4.98 Å². The maximum Gasteiger partial charge on any atom is 0.147 e. The molecule has 36 heavy (non-hydrogen) atoms. The molecule has 5 aromatic heterocycles. The predicted molar refractivity (Wildman–Crippen MR) is 150 cm³/mol. The van der Waals surface area contributed by atoms with Crippen LogP contribution in [-0.2, 0) is 0 Å². The highest BCUT2D eigenvalue weighted by Crippen LogP contribution is 2.41. The van der Waals surface area contributed by atoms with Crippen LogP contribution in [-0.4, -0.2) is 19.5 Å². The molecule has 8 rings (SSSR count). The fraction of sp³-hybridized carbons (Fsp3) is 0. The van der Waals surface area contributed by atoms with E-state index in [1.165, 1.54) is 20.2 Å². The molecule has 0 radical (unpaired) electrons. The smallest absolute Gasteiger partial charge is 0.147 e. The Balaban J connectivity index is 1.55. The Morgan fingerprint density at radius 1 is 0.556 bits per heavy atom. The molecule has 0 fully saturated rings. The number of pyridine rings is 3. The second kappa shape index (κ2) is 7.44. The third-order valence-electron chi connectivity index (χ3n) is 6.93. The van der Waals surface area contributed by atoms with Crippen molar-refractivity contribution in [1.29, 1.82) is 0 Å². The average molecular weight is 479 g/mol. The molecule has 4 nitrogen and oxygen atoms in total. The van der Waals surface area contributed by atoms with E-state index in [0.717, 1.165) is 49.8 Å². The first-order chi connectivity index (χ1) is 17.8. The number of nitrogens with zero attached hydrogens (tertiary/aromatic N) is 4. The van der Waals surface area contributed by atoms with E-state index in [1.807, 2.05) is 48.1 Å². The number of aromatic nitrogens is 4. The van der Waals surface area contributed by atoms with Crippen LogP contribution in [0.5, 0.6) is 0 Å². The monoisotopic (exact) mass is 478 g/mol. The first kappa shape index (κ1) is 19.7. The van der Waals surface area contributed by atoms with Gasteiger partial charge in [-0.3, -0.25) is 14.5 Å². The summed E-state index contributed by atoms with van der Waals surface area (Å²) < 4.78 is 4.81. The average Bonchev–Trinajstić information content (AvgIpc) is 3.46. The second-order valence-corrected chi connectivity index (χ2v) is 10.0. The zero-order valence-electron chi connectivity index (χ0n) is 19.1. The zero-order valence-corrected chi connectivity index (χ0v) is 19.9. The van der Waals surface area contributed by atoms with Gasteiger partial charge < -0.3 is 0 Å². The maximum absolute atomic E-state index is 5.02. The first-order valence-electron chi connectivity index (χ1n) is 11.9. The molecule has 5 heteroatoms. The van der Waals surface area contributed by atoms with Crippen LogP contribution >= 0.6 is 11.3 Å². The molecule has 0 spiro atoms. The molecule has 3 aromatic carbocycles. The van der Waals surface area contributed by atoms with Gasteiger partial charge in [0.05, 0.1) is 22.1 Å². The minimum atomic E-state index is 0.869. The van der Waals surface area contributed by atoms with Gasteiger partial charge in [0, 0.05) is 55.1 Å². The van der Waals surface area contributed by atoms with E-state index < -0.39 is 0 Å². The Hall–Kier alpha value is -4.61. The van der Waals surface area contributed by atoms with Crippen LogP contribution in [0, 0.1) is 0 Å². The summed E-state index contributed by atoms with van der Waals surface area (Å²) in [4.78, 5) is 14.5. The Morgan fingerprint density at radius 2 is 1.42 bits per heavy atom. The van der Waals surface area contributed by atoms with E-state index >= 15 is 0 Å². The second-order valence-electron chi connectivity index (χ2n) is 8.96. The zero-order chi connectivity index (χ0) is 23.6. The summed E-state index contributed by atoms with van der Waals surface area (Å²) in [6, 6.07) is 31.9. The van der Waals surface area contributed by atoms with Gasteiger partial charge in [-0.1, -0.05) is 48.5 Å². The minimum Gasteiger partial charge on any atom is -0.292 e. The third kappa shape index (κ3) is 2.78. The van der Waals surface area contributed by atoms with E-state index in [1.54, 1.807) is 0 Å². The highest BCUT2D eigenvalue weighted by Gasteiger charge is 2.19. The van der Waals surface area contributed by atoms with Gasteiger partial charge in [0.15, 0.2) is 0 Å². The highest BCUT2D eigenvalue weighted by molar-refractivity contribution is 7.25. The van der Waals surface area contributed by atoms with E-state index in [2.05, 4.69) is 82.3 Å². The van der Waals surface area contributed by atoms with Gasteiger partial charge in [-0.05, 0) is 48.0 Å². The molecular weight excluding hydrogens is 460 g/mol. The van der Waals surface area contributed by atoms with Gasteiger partial charge in [-0.15, -0.1) is 11.3 Å². The van der Waals surface area contributed by atoms with Crippen LogP contribution < -0.4 is 0 Å². The summed E-state index contributed by atoms with van der Waals surface area (Å²) in [5.74, 6) is 0.869. The lowest BCUT2D eigenvalue weighted by Gasteiger charge is -2.10. The summed E-state index contributed by atoms with van der Waals surface area (Å²) >= 11 is 1.83. The fourth-order valence-electron chi connectivity index (χ4n) is 5.28. The first-order valence-corrected chi connectivity index (χ1v) is 12.7. The summed E-state index contributed by atoms with van der Waals surface area (Å²) in [6.07, 6.45) is 5.65. The van der Waals surface area contributed by atoms with Crippen LogP contribution in [0.3, 0.4) is 0 Å². The van der Waals surface area contributed by atoms with Crippen molar-refractivity contribution < 1.29 is 0 Å². The van der Waals surface area contributed by atoms with Crippen molar-refractivity contribution in [3.8, 4) is 16.9 Å². The fourth-order valence-corrected chi connectivity index (χ4v) is 6.40. The molecule has 0 unspecified atom stereocenters. The van der Waals surface area contributed by atoms with E-state index in [0.29, 0.717) is 0 Å². The molecule has 0 saturated carbocycles. The molecule has 0 N–H and O–H groups in total. The molecule has 5 heterocycles. The van der Waals surface area contributed by atoms with Crippen molar-refractivity contribution in [1.82, 2.24) is 19.5 Å². The Labute approximate surface area is 210 Å². The molecule has 0 atom stereocenters. The Kier molecular flexibility index (Phi) is 4.07. The molecular formula is C31H18N4S. The Bertz CT molecular complexity index is 2100. The summed E-state index contributed by atoms with van der Waals surface area (Å²) in [5, 5.41) is 4.70. The maximum atomic E-state index is 5.02. The van der Waals surface area contributed by atoms with E-state index in [-0.39, 0.29) is 0 Å². The number of thiophene rings is 1. The molecule has 0 amide bonds. The van der Waals surface area contributed by atoms with Gasteiger partial charge in [0.1, 0.15) is 5.82 Å². The largest absolute Gasteiger partial charge is 0.292 e. The SMILES string of the molecule is c1ccc(-c2cnc3c4cc5c(cc4n(-c4nccc6ncccc46)c3c2)sc2ccccc25)cc1. The van der Waals surface area contributed by atoms with Crippen LogP contribution in [0.15, 0.2) is 110 Å². The van der Waals surface area contributed by atoms with Crippen LogP contribution in [0.25, 0.3) is 70.0 Å². The number of hydrogen-bond acceptors (Lipinski definition) is 4. The number of hydrogen-bond donors (Lipinski definition) is 0. The number of rotatable bonds is 2. The molecule has 0 bridgehead atoms. The van der Waals surface area contributed by atoms with Gasteiger partial charge in [0.25, 0.3) is 0 Å². The normalized spacial score (nSPS) is 11.9. The third-order valence-corrected chi connectivity index (χ3v) is 8.06. The lowest BCUT2D eigenvalue weighted by Crippen LogP contribution is -1.99. The van der Waals surface area contributed by atoms with Crippen molar-refractivity contribution in [3.63, 3.8) is 0 Å². The quantitative estimate of drug-likeness (QED) is 0.252. The summed E-state index contributed by atoms with van der Waals surface area (Å²) in [6.45, 7) is 0. The van der Waals surface area contributed by atoms with Crippen molar-refractivity contribution >= 4 is 64.3 Å². The predicted octanol–water partition coefficient (Wildman–Crippen LogP) is 8.16. The topological polar surface area (TPSA) is 43.6 Å². The van der Waals surface area contributed by atoms with Crippen molar-refractivity contribution in [3.05, 3.63) is 110 Å². The molecule has 168 valence electrons. The number of benzene rings is 3. The molecule has 0 aliphatic heterocycles. The van der Waals surface area contributed by atoms with Crippen molar-refractivity contribution in [2.24, 2.45) is 0 Å². The standard InChI is InChI=1S/C31H18N4S/c1-2-7-19(8-3-1)20-15-27-30(34-18-20)24-16-23-21-9-4-5-11-28(21)36-29(23)17-26(24)35(27)31-22-10-6-13-32-25(22)12-14-33-31/h1-18H. The highest BCUT2D eigenvalue weighted by atomic mass is 32.1. The Morgan fingerprint density at radius 3 is 2.36 bits per heavy atom. The van der Waals surface area contributed by atoms with E-state index in [4.69, 9.17) is 9.97 Å². The van der Waals surface area contributed by atoms with Crippen LogP contribution in [0.1, 0.15) is 0 Å². The van der Waals surface area contributed by atoms with Gasteiger partial charge in [-0.2, -0.15) is 0 Å². The lowest BCUT2D eigenvalue weighted by atomic mass is 10.1. The molecule has 0 aliphatic carbocycles. The minimum absolute atomic E-state index is 0.869. The van der Waals surface area contributed by atoms with Gasteiger partial charge >= 0.3 is 0 Å². The molecule has 0 saturated heterocycles.